The third kappa shape index (κ3) is 20.0. The third-order valence-electron chi connectivity index (χ3n) is 9.19. The summed E-state index contributed by atoms with van der Waals surface area (Å²) in [5.41, 5.74) is 1.49. The summed E-state index contributed by atoms with van der Waals surface area (Å²) >= 11 is 0. The van der Waals surface area contributed by atoms with Gasteiger partial charge in [-0.05, 0) is 56.9 Å². The van der Waals surface area contributed by atoms with Crippen molar-refractivity contribution in [3.63, 3.8) is 0 Å². The van der Waals surface area contributed by atoms with Crippen LogP contribution in [0.25, 0.3) is 0 Å². The van der Waals surface area contributed by atoms with Crippen LogP contribution in [-0.2, 0) is 8.85 Å². The highest BCUT2D eigenvalue weighted by Gasteiger charge is 2.29. The number of unbranched alkanes of at least 4 members (excludes halogenated alkanes) is 18. The van der Waals surface area contributed by atoms with Crippen LogP contribution in [0.2, 0.25) is 12.6 Å². The summed E-state index contributed by atoms with van der Waals surface area (Å²) < 4.78 is 11.6. The molecule has 0 saturated heterocycles. The lowest BCUT2D eigenvalue weighted by atomic mass is 9.99. The summed E-state index contributed by atoms with van der Waals surface area (Å²) in [6.07, 6.45) is 30.4. The van der Waals surface area contributed by atoms with E-state index in [0.717, 1.165) is 12.5 Å². The van der Waals surface area contributed by atoms with Crippen LogP contribution in [-0.4, -0.2) is 40.8 Å². The zero-order valence-corrected chi connectivity index (χ0v) is 29.4. The fourth-order valence-electron chi connectivity index (χ4n) is 6.17. The topological polar surface area (TPSA) is 21.7 Å². The molecular formula is C37H71NO2Si. The van der Waals surface area contributed by atoms with Gasteiger partial charge in [0.2, 0.25) is 0 Å². The quantitative estimate of drug-likeness (QED) is 0.0658. The molecule has 0 N–H and O–H groups in total. The summed E-state index contributed by atoms with van der Waals surface area (Å²) in [4.78, 5) is 2.85. The smallest absolute Gasteiger partial charge is 0.334 e. The molecule has 0 saturated carbocycles. The Hall–Kier alpha value is -0.683. The second-order valence-electron chi connectivity index (χ2n) is 12.8. The molecule has 1 aromatic carbocycles. The molecule has 1 unspecified atom stereocenters. The number of hydrogen-bond acceptors (Lipinski definition) is 3. The molecule has 3 nitrogen and oxygen atoms in total. The molecular weight excluding hydrogens is 518 g/mol. The van der Waals surface area contributed by atoms with Crippen molar-refractivity contribution in [3.05, 3.63) is 35.9 Å². The Morgan fingerprint density at radius 2 is 0.951 bits per heavy atom. The Morgan fingerprint density at radius 3 is 1.34 bits per heavy atom. The lowest BCUT2D eigenvalue weighted by Crippen LogP contribution is -2.36. The first kappa shape index (κ1) is 38.3. The summed E-state index contributed by atoms with van der Waals surface area (Å²) in [7, 11) is 1.62. The fraction of sp³-hybridized carbons (Fsp3) is 0.838. The molecule has 0 fully saturated rings. The Balaban J connectivity index is 2.62. The van der Waals surface area contributed by atoms with E-state index in [2.05, 4.69) is 55.6 Å². The van der Waals surface area contributed by atoms with E-state index >= 15 is 0 Å². The second-order valence-corrected chi connectivity index (χ2v) is 16.3. The van der Waals surface area contributed by atoms with Gasteiger partial charge >= 0.3 is 8.56 Å². The van der Waals surface area contributed by atoms with Crippen LogP contribution in [0.5, 0.6) is 0 Å². The molecule has 0 spiro atoms. The molecule has 240 valence electrons. The molecule has 0 aromatic heterocycles. The minimum absolute atomic E-state index is 0.500. The Bertz CT molecular complexity index is 642. The van der Waals surface area contributed by atoms with Gasteiger partial charge in [0.25, 0.3) is 0 Å². The summed E-state index contributed by atoms with van der Waals surface area (Å²) in [6.45, 7) is 9.28. The van der Waals surface area contributed by atoms with Gasteiger partial charge in [-0.1, -0.05) is 160 Å². The fourth-order valence-corrected chi connectivity index (χ4v) is 7.59. The SMILES string of the molecule is CCCCCCCCCCCCN(CCCCCCCCCCCC)C(CCC[Si](C)(OC)OC)c1ccccc1. The molecule has 0 bridgehead atoms. The maximum Gasteiger partial charge on any atom is 0.334 e. The second kappa shape index (κ2) is 26.9. The molecule has 1 aromatic rings. The first-order chi connectivity index (χ1) is 20.1. The standard InChI is InChI=1S/C37H71NO2Si/c1-6-8-10-12-14-16-18-20-22-27-33-38(34-28-23-21-19-17-15-13-11-9-7-2)37(36-30-25-24-26-31-36)32-29-35-41(5,39-3)40-4/h24-26,30-31,37H,6-23,27-29,32-35H2,1-5H3. The van der Waals surface area contributed by atoms with Crippen LogP contribution in [0.3, 0.4) is 0 Å². The highest BCUT2D eigenvalue weighted by atomic mass is 28.4. The van der Waals surface area contributed by atoms with E-state index in [-0.39, 0.29) is 0 Å². The summed E-state index contributed by atoms with van der Waals surface area (Å²) in [5, 5.41) is 0. The molecule has 0 aliphatic heterocycles. The predicted octanol–water partition coefficient (Wildman–Crippen LogP) is 12.0. The van der Waals surface area contributed by atoms with Crippen molar-refractivity contribution < 1.29 is 8.85 Å². The molecule has 0 aliphatic carbocycles. The predicted molar refractivity (Wildman–Crippen MR) is 184 cm³/mol. The van der Waals surface area contributed by atoms with Crippen LogP contribution in [0, 0.1) is 0 Å². The Morgan fingerprint density at radius 1 is 0.561 bits per heavy atom. The van der Waals surface area contributed by atoms with Crippen LogP contribution in [0.4, 0.5) is 0 Å². The highest BCUT2D eigenvalue weighted by Crippen LogP contribution is 2.29. The van der Waals surface area contributed by atoms with Crippen LogP contribution < -0.4 is 0 Å². The maximum atomic E-state index is 5.82. The van der Waals surface area contributed by atoms with E-state index < -0.39 is 8.56 Å². The van der Waals surface area contributed by atoms with Crippen LogP contribution in [0.1, 0.15) is 167 Å². The van der Waals surface area contributed by atoms with Crippen molar-refractivity contribution >= 4 is 8.56 Å². The summed E-state index contributed by atoms with van der Waals surface area (Å²) in [6, 6.07) is 12.9. The lowest BCUT2D eigenvalue weighted by molar-refractivity contribution is 0.176. The van der Waals surface area contributed by atoms with Crippen molar-refractivity contribution in [1.29, 1.82) is 0 Å². The number of rotatable bonds is 30. The average Bonchev–Trinajstić information content (AvgIpc) is 3.00. The first-order valence-electron chi connectivity index (χ1n) is 18.0. The van der Waals surface area contributed by atoms with E-state index in [0.29, 0.717) is 6.04 Å². The van der Waals surface area contributed by atoms with Gasteiger partial charge in [-0.15, -0.1) is 0 Å². The third-order valence-corrected chi connectivity index (χ3v) is 12.2. The van der Waals surface area contributed by atoms with Crippen molar-refractivity contribution in [1.82, 2.24) is 4.90 Å². The summed E-state index contributed by atoms with van der Waals surface area (Å²) in [5.74, 6) is 0. The number of nitrogens with zero attached hydrogens (tertiary/aromatic N) is 1. The van der Waals surface area contributed by atoms with Crippen molar-refractivity contribution in [2.24, 2.45) is 0 Å². The lowest BCUT2D eigenvalue weighted by Gasteiger charge is -2.33. The minimum atomic E-state index is -2.03. The van der Waals surface area contributed by atoms with E-state index in [4.69, 9.17) is 8.85 Å². The minimum Gasteiger partial charge on any atom is -0.398 e. The average molecular weight is 590 g/mol. The molecule has 0 amide bonds. The first-order valence-corrected chi connectivity index (χ1v) is 20.5. The monoisotopic (exact) mass is 590 g/mol. The number of benzene rings is 1. The van der Waals surface area contributed by atoms with Crippen molar-refractivity contribution in [2.75, 3.05) is 27.3 Å². The molecule has 0 radical (unpaired) electrons. The van der Waals surface area contributed by atoms with Gasteiger partial charge in [-0.2, -0.15) is 0 Å². The van der Waals surface area contributed by atoms with E-state index in [1.54, 1.807) is 0 Å². The van der Waals surface area contributed by atoms with Gasteiger partial charge < -0.3 is 8.85 Å². The van der Waals surface area contributed by atoms with Crippen LogP contribution >= 0.6 is 0 Å². The van der Waals surface area contributed by atoms with Gasteiger partial charge in [0.1, 0.15) is 0 Å². The zero-order chi connectivity index (χ0) is 29.9. The molecule has 0 heterocycles. The Kier molecular flexibility index (Phi) is 25.2. The highest BCUT2D eigenvalue weighted by molar-refractivity contribution is 6.65. The van der Waals surface area contributed by atoms with E-state index in [1.165, 1.54) is 153 Å². The van der Waals surface area contributed by atoms with Crippen molar-refractivity contribution in [2.45, 2.75) is 174 Å². The molecule has 1 atom stereocenters. The van der Waals surface area contributed by atoms with Crippen LogP contribution in [0.15, 0.2) is 30.3 Å². The zero-order valence-electron chi connectivity index (χ0n) is 28.4. The van der Waals surface area contributed by atoms with Gasteiger partial charge in [-0.3, -0.25) is 4.90 Å². The van der Waals surface area contributed by atoms with E-state index in [9.17, 15) is 0 Å². The maximum absolute atomic E-state index is 5.82. The van der Waals surface area contributed by atoms with Gasteiger partial charge in [-0.25, -0.2) is 0 Å². The number of hydrogen-bond donors (Lipinski definition) is 0. The molecule has 0 aliphatic rings. The van der Waals surface area contributed by atoms with Gasteiger partial charge in [0, 0.05) is 20.3 Å². The van der Waals surface area contributed by atoms with Gasteiger partial charge in [0.05, 0.1) is 0 Å². The normalized spacial score (nSPS) is 12.8. The Labute approximate surface area is 258 Å². The van der Waals surface area contributed by atoms with Gasteiger partial charge in [0.15, 0.2) is 0 Å². The molecule has 4 heteroatoms. The largest absolute Gasteiger partial charge is 0.398 e. The van der Waals surface area contributed by atoms with E-state index in [1.807, 2.05) is 14.2 Å². The van der Waals surface area contributed by atoms with Crippen molar-refractivity contribution in [3.8, 4) is 0 Å². The molecule has 41 heavy (non-hydrogen) atoms. The molecule has 1 rings (SSSR count).